The van der Waals surface area contributed by atoms with Crippen LogP contribution in [0.25, 0.3) is 0 Å². The molecular formula is C17H29F3N4. The Hall–Kier alpha value is -0.980. The lowest BCUT2D eigenvalue weighted by atomic mass is 9.65. The summed E-state index contributed by atoms with van der Waals surface area (Å²) in [6, 6.07) is -1.37. The van der Waals surface area contributed by atoms with E-state index in [9.17, 15) is 13.2 Å². The van der Waals surface area contributed by atoms with Crippen LogP contribution in [0.2, 0.25) is 0 Å². The van der Waals surface area contributed by atoms with E-state index < -0.39 is 12.2 Å². The van der Waals surface area contributed by atoms with Gasteiger partial charge in [-0.1, -0.05) is 6.42 Å². The third-order valence-electron chi connectivity index (χ3n) is 6.24. The van der Waals surface area contributed by atoms with Crippen LogP contribution < -0.4 is 5.32 Å². The van der Waals surface area contributed by atoms with Gasteiger partial charge in [0.2, 0.25) is 0 Å². The molecule has 1 heterocycles. The van der Waals surface area contributed by atoms with Gasteiger partial charge in [0.15, 0.2) is 5.96 Å². The summed E-state index contributed by atoms with van der Waals surface area (Å²) < 4.78 is 38.5. The first-order valence-electron chi connectivity index (χ1n) is 9.12. The summed E-state index contributed by atoms with van der Waals surface area (Å²) in [6.45, 7) is 4.25. The van der Waals surface area contributed by atoms with E-state index in [2.05, 4.69) is 15.2 Å². The van der Waals surface area contributed by atoms with Crippen molar-refractivity contribution in [3.05, 3.63) is 0 Å². The third-order valence-corrected chi connectivity index (χ3v) is 6.24. The molecule has 4 nitrogen and oxygen atoms in total. The molecule has 0 radical (unpaired) electrons. The van der Waals surface area contributed by atoms with Crippen LogP contribution in [0.15, 0.2) is 4.99 Å². The van der Waals surface area contributed by atoms with Gasteiger partial charge >= 0.3 is 6.18 Å². The number of rotatable bonds is 4. The van der Waals surface area contributed by atoms with Crippen LogP contribution in [0, 0.1) is 11.3 Å². The molecule has 24 heavy (non-hydrogen) atoms. The average molecular weight is 346 g/mol. The van der Waals surface area contributed by atoms with Crippen LogP contribution in [0.3, 0.4) is 0 Å². The molecule has 0 aromatic carbocycles. The molecule has 0 spiro atoms. The minimum atomic E-state index is -4.15. The van der Waals surface area contributed by atoms with Crippen molar-refractivity contribution in [3.8, 4) is 0 Å². The number of piperazine rings is 1. The normalized spacial score (nSPS) is 26.9. The Balaban J connectivity index is 1.49. The minimum absolute atomic E-state index is 0.426. The molecule has 0 aromatic rings. The maximum atomic E-state index is 12.8. The van der Waals surface area contributed by atoms with Gasteiger partial charge in [-0.05, 0) is 43.9 Å². The molecule has 0 bridgehead atoms. The molecule has 7 heteroatoms. The van der Waals surface area contributed by atoms with Crippen molar-refractivity contribution in [2.24, 2.45) is 16.3 Å². The smallest absolute Gasteiger partial charge is 0.356 e. The molecule has 3 aliphatic rings. The number of hydrogen-bond acceptors (Lipinski definition) is 2. The van der Waals surface area contributed by atoms with Crippen LogP contribution in [-0.2, 0) is 0 Å². The van der Waals surface area contributed by atoms with Crippen LogP contribution >= 0.6 is 0 Å². The van der Waals surface area contributed by atoms with E-state index in [4.69, 9.17) is 0 Å². The lowest BCUT2D eigenvalue weighted by Crippen LogP contribution is -2.57. The first kappa shape index (κ1) is 17.8. The number of guanidine groups is 1. The van der Waals surface area contributed by atoms with Crippen molar-refractivity contribution in [3.63, 3.8) is 0 Å². The summed E-state index contributed by atoms with van der Waals surface area (Å²) >= 11 is 0. The quantitative estimate of drug-likeness (QED) is 0.627. The molecule has 1 atom stereocenters. The van der Waals surface area contributed by atoms with Crippen LogP contribution in [-0.4, -0.2) is 67.7 Å². The van der Waals surface area contributed by atoms with E-state index in [0.29, 0.717) is 31.6 Å². The van der Waals surface area contributed by atoms with Gasteiger partial charge in [-0.15, -0.1) is 0 Å². The monoisotopic (exact) mass is 346 g/mol. The molecule has 3 fully saturated rings. The fraction of sp³-hybridized carbons (Fsp3) is 0.941. The second kappa shape index (κ2) is 6.73. The zero-order valence-electron chi connectivity index (χ0n) is 14.7. The van der Waals surface area contributed by atoms with Crippen molar-refractivity contribution >= 4 is 5.96 Å². The highest BCUT2D eigenvalue weighted by atomic mass is 19.4. The summed E-state index contributed by atoms with van der Waals surface area (Å²) in [5.41, 5.74) is 0.461. The number of halogens is 3. The zero-order chi connectivity index (χ0) is 17.4. The SMILES string of the molecule is CN=C(NCC1(C2CC2)CCC1)N1CCN(C(C)C(F)(F)F)CC1. The van der Waals surface area contributed by atoms with E-state index in [1.807, 2.05) is 0 Å². The van der Waals surface area contributed by atoms with Gasteiger partial charge in [0, 0.05) is 39.8 Å². The van der Waals surface area contributed by atoms with E-state index in [1.165, 1.54) is 43.9 Å². The number of aliphatic imine (C=N–C) groups is 1. The maximum absolute atomic E-state index is 12.8. The Kier molecular flexibility index (Phi) is 5.00. The highest BCUT2D eigenvalue weighted by Gasteiger charge is 2.49. The summed E-state index contributed by atoms with van der Waals surface area (Å²) in [6.07, 6.45) is 2.49. The Morgan fingerprint density at radius 2 is 1.83 bits per heavy atom. The first-order chi connectivity index (χ1) is 11.4. The number of nitrogens with one attached hydrogen (secondary N) is 1. The predicted molar refractivity (Wildman–Crippen MR) is 89.0 cm³/mol. The minimum Gasteiger partial charge on any atom is -0.356 e. The molecule has 1 unspecified atom stereocenters. The van der Waals surface area contributed by atoms with Crippen LogP contribution in [0.1, 0.15) is 39.0 Å². The van der Waals surface area contributed by atoms with Crippen LogP contribution in [0.5, 0.6) is 0 Å². The van der Waals surface area contributed by atoms with Crippen LogP contribution in [0.4, 0.5) is 13.2 Å². The van der Waals surface area contributed by atoms with Gasteiger partial charge in [-0.2, -0.15) is 13.2 Å². The molecule has 138 valence electrons. The molecule has 2 saturated carbocycles. The van der Waals surface area contributed by atoms with Gasteiger partial charge in [0.1, 0.15) is 6.04 Å². The average Bonchev–Trinajstić information content (AvgIpc) is 3.34. The summed E-state index contributed by atoms with van der Waals surface area (Å²) in [5.74, 6) is 1.72. The molecular weight excluding hydrogens is 317 g/mol. The molecule has 3 rings (SSSR count). The Morgan fingerprint density at radius 3 is 2.25 bits per heavy atom. The predicted octanol–water partition coefficient (Wildman–Crippen LogP) is 2.71. The number of hydrogen-bond donors (Lipinski definition) is 1. The maximum Gasteiger partial charge on any atom is 0.403 e. The van der Waals surface area contributed by atoms with E-state index in [1.54, 1.807) is 7.05 Å². The lowest BCUT2D eigenvalue weighted by Gasteiger charge is -2.44. The van der Waals surface area contributed by atoms with E-state index in [-0.39, 0.29) is 0 Å². The van der Waals surface area contributed by atoms with Gasteiger partial charge in [-0.25, -0.2) is 0 Å². The van der Waals surface area contributed by atoms with E-state index >= 15 is 0 Å². The fourth-order valence-electron chi connectivity index (χ4n) is 4.17. The summed E-state index contributed by atoms with van der Waals surface area (Å²) in [7, 11) is 1.76. The van der Waals surface area contributed by atoms with Crippen molar-refractivity contribution in [1.29, 1.82) is 0 Å². The highest BCUT2D eigenvalue weighted by Crippen LogP contribution is 2.56. The molecule has 0 aromatic heterocycles. The van der Waals surface area contributed by atoms with Crippen molar-refractivity contribution in [2.75, 3.05) is 39.8 Å². The highest BCUT2D eigenvalue weighted by molar-refractivity contribution is 5.80. The van der Waals surface area contributed by atoms with E-state index in [0.717, 1.165) is 18.4 Å². The second-order valence-electron chi connectivity index (χ2n) is 7.63. The van der Waals surface area contributed by atoms with Gasteiger partial charge < -0.3 is 10.2 Å². The summed E-state index contributed by atoms with van der Waals surface area (Å²) in [5, 5.41) is 3.51. The molecule has 1 saturated heterocycles. The van der Waals surface area contributed by atoms with Crippen molar-refractivity contribution in [1.82, 2.24) is 15.1 Å². The first-order valence-corrected chi connectivity index (χ1v) is 9.12. The van der Waals surface area contributed by atoms with Crippen molar-refractivity contribution < 1.29 is 13.2 Å². The molecule has 1 N–H and O–H groups in total. The Labute approximate surface area is 142 Å². The fourth-order valence-corrected chi connectivity index (χ4v) is 4.17. The third kappa shape index (κ3) is 3.65. The molecule has 0 amide bonds. The van der Waals surface area contributed by atoms with Gasteiger partial charge in [0.05, 0.1) is 0 Å². The zero-order valence-corrected chi connectivity index (χ0v) is 14.7. The Bertz CT molecular complexity index is 461. The molecule has 1 aliphatic heterocycles. The lowest BCUT2D eigenvalue weighted by molar-refractivity contribution is -0.181. The van der Waals surface area contributed by atoms with Gasteiger partial charge in [0.25, 0.3) is 0 Å². The number of alkyl halides is 3. The molecule has 2 aliphatic carbocycles. The standard InChI is InChI=1S/C17H29F3N4/c1-13(17(18,19)20)23-8-10-24(11-9-23)15(21-2)22-12-16(6-3-7-16)14-4-5-14/h13-14H,3-12H2,1-2H3,(H,21,22). The topological polar surface area (TPSA) is 30.9 Å². The van der Waals surface area contributed by atoms with Crippen molar-refractivity contribution in [2.45, 2.75) is 51.2 Å². The number of nitrogens with zero attached hydrogens (tertiary/aromatic N) is 3. The Morgan fingerprint density at radius 1 is 1.21 bits per heavy atom. The second-order valence-corrected chi connectivity index (χ2v) is 7.63. The largest absolute Gasteiger partial charge is 0.403 e. The summed E-state index contributed by atoms with van der Waals surface area (Å²) in [4.78, 5) is 7.97. The van der Waals surface area contributed by atoms with Gasteiger partial charge in [-0.3, -0.25) is 9.89 Å².